The zero-order chi connectivity index (χ0) is 16.3. The second-order valence-electron chi connectivity index (χ2n) is 4.95. The van der Waals surface area contributed by atoms with Gasteiger partial charge >= 0.3 is 12.1 Å². The zero-order valence-electron chi connectivity index (χ0n) is 11.9. The van der Waals surface area contributed by atoms with Gasteiger partial charge in [-0.05, 0) is 18.2 Å². The van der Waals surface area contributed by atoms with Crippen LogP contribution in [-0.4, -0.2) is 38.3 Å². The van der Waals surface area contributed by atoms with Gasteiger partial charge in [-0.25, -0.2) is 4.79 Å². The molecule has 5 nitrogen and oxygen atoms in total. The molecule has 22 heavy (non-hydrogen) atoms. The van der Waals surface area contributed by atoms with Gasteiger partial charge in [-0.15, -0.1) is 0 Å². The first-order valence-corrected chi connectivity index (χ1v) is 6.65. The van der Waals surface area contributed by atoms with Crippen molar-refractivity contribution in [3.63, 3.8) is 0 Å². The molecule has 0 fully saturated rings. The highest BCUT2D eigenvalue weighted by molar-refractivity contribution is 5.99. The molecule has 0 aromatic heterocycles. The largest absolute Gasteiger partial charge is 0.462 e. The molecule has 0 atom stereocenters. The lowest BCUT2D eigenvalue weighted by Crippen LogP contribution is -2.18. The third-order valence-corrected chi connectivity index (χ3v) is 3.21. The molecule has 8 heteroatoms. The monoisotopic (exact) mass is 316 g/mol. The lowest BCUT2D eigenvalue weighted by Gasteiger charge is -2.18. The number of alkyl halides is 3. The predicted octanol–water partition coefficient (Wildman–Crippen LogP) is 2.57. The minimum Gasteiger partial charge on any atom is -0.462 e. The fraction of sp³-hybridized carbons (Fsp3) is 0.429. The average molecular weight is 316 g/mol. The summed E-state index contributed by atoms with van der Waals surface area (Å²) in [5.41, 5.74) is 1.27. The van der Waals surface area contributed by atoms with Crippen LogP contribution in [0, 0.1) is 0 Å². The van der Waals surface area contributed by atoms with E-state index < -0.39 is 25.2 Å². The molecule has 0 unspecified atom stereocenters. The van der Waals surface area contributed by atoms with E-state index in [0.29, 0.717) is 18.7 Å². The summed E-state index contributed by atoms with van der Waals surface area (Å²) in [5, 5.41) is 2.66. The van der Waals surface area contributed by atoms with Gasteiger partial charge in [0.2, 0.25) is 5.91 Å². The van der Waals surface area contributed by atoms with Crippen LogP contribution in [0.3, 0.4) is 0 Å². The van der Waals surface area contributed by atoms with E-state index in [9.17, 15) is 22.8 Å². The Hall–Kier alpha value is -2.25. The number of hydrogen-bond donors (Lipinski definition) is 1. The molecule has 1 aromatic carbocycles. The van der Waals surface area contributed by atoms with Crippen LogP contribution >= 0.6 is 0 Å². The number of carbonyl (C=O) groups is 2. The third kappa shape index (κ3) is 4.12. The summed E-state index contributed by atoms with van der Waals surface area (Å²) in [7, 11) is 1.81. The highest BCUT2D eigenvalue weighted by Gasteiger charge is 2.27. The molecular formula is C14H15F3N2O3. The molecule has 1 N–H and O–H groups in total. The zero-order valence-corrected chi connectivity index (χ0v) is 11.9. The van der Waals surface area contributed by atoms with Gasteiger partial charge in [0.1, 0.15) is 6.61 Å². The van der Waals surface area contributed by atoms with Gasteiger partial charge in [-0.1, -0.05) is 0 Å². The van der Waals surface area contributed by atoms with Crippen molar-refractivity contribution in [3.05, 3.63) is 23.8 Å². The van der Waals surface area contributed by atoms with Crippen molar-refractivity contribution in [2.45, 2.75) is 19.0 Å². The Morgan fingerprint density at radius 2 is 2.14 bits per heavy atom. The summed E-state index contributed by atoms with van der Waals surface area (Å²) in [6, 6.07) is 4.50. The third-order valence-electron chi connectivity index (χ3n) is 3.21. The Balaban J connectivity index is 2.10. The van der Waals surface area contributed by atoms with E-state index in [2.05, 4.69) is 10.1 Å². The van der Waals surface area contributed by atoms with Crippen LogP contribution in [0.2, 0.25) is 0 Å². The number of carbonyl (C=O) groups excluding carboxylic acids is 2. The quantitative estimate of drug-likeness (QED) is 0.871. The van der Waals surface area contributed by atoms with Gasteiger partial charge in [0.15, 0.2) is 0 Å². The minimum atomic E-state index is -4.37. The summed E-state index contributed by atoms with van der Waals surface area (Å²) in [6.07, 6.45) is -5.25. The van der Waals surface area contributed by atoms with E-state index in [1.807, 2.05) is 4.90 Å². The predicted molar refractivity (Wildman–Crippen MR) is 73.9 cm³/mol. The lowest BCUT2D eigenvalue weighted by molar-refractivity contribution is -0.141. The number of rotatable bonds is 3. The molecule has 0 radical (unpaired) electrons. The molecule has 1 aliphatic heterocycles. The first-order chi connectivity index (χ1) is 10.3. The minimum absolute atomic E-state index is 0.0940. The summed E-state index contributed by atoms with van der Waals surface area (Å²) in [4.78, 5) is 25.2. The Morgan fingerprint density at radius 1 is 1.41 bits per heavy atom. The van der Waals surface area contributed by atoms with E-state index in [1.54, 1.807) is 13.1 Å². The van der Waals surface area contributed by atoms with Crippen LogP contribution in [0.4, 0.5) is 24.5 Å². The number of ether oxygens (including phenoxy) is 1. The van der Waals surface area contributed by atoms with Crippen LogP contribution in [-0.2, 0) is 9.53 Å². The van der Waals surface area contributed by atoms with Crippen LogP contribution in [0.25, 0.3) is 0 Å². The molecule has 0 bridgehead atoms. The van der Waals surface area contributed by atoms with E-state index in [4.69, 9.17) is 0 Å². The van der Waals surface area contributed by atoms with Crippen molar-refractivity contribution in [2.24, 2.45) is 0 Å². The number of nitrogens with zero attached hydrogens (tertiary/aromatic N) is 1. The average Bonchev–Trinajstić information content (AvgIpc) is 2.56. The summed E-state index contributed by atoms with van der Waals surface area (Å²) >= 11 is 0. The van der Waals surface area contributed by atoms with Crippen molar-refractivity contribution >= 4 is 23.3 Å². The van der Waals surface area contributed by atoms with Gasteiger partial charge in [0, 0.05) is 20.0 Å². The summed E-state index contributed by atoms with van der Waals surface area (Å²) in [6.45, 7) is -0.195. The number of halogens is 3. The molecule has 0 spiro atoms. The molecule has 0 aliphatic carbocycles. The van der Waals surface area contributed by atoms with Crippen LogP contribution < -0.4 is 10.2 Å². The van der Waals surface area contributed by atoms with Crippen LogP contribution in [0.15, 0.2) is 18.2 Å². The number of anilines is 2. The number of fused-ring (bicyclic) bond motifs is 1. The molecule has 0 saturated carbocycles. The number of esters is 1. The van der Waals surface area contributed by atoms with Crippen LogP contribution in [0.1, 0.15) is 23.2 Å². The first-order valence-electron chi connectivity index (χ1n) is 6.65. The van der Waals surface area contributed by atoms with Gasteiger partial charge in [-0.3, -0.25) is 4.79 Å². The molecular weight excluding hydrogens is 301 g/mol. The van der Waals surface area contributed by atoms with E-state index in [-0.39, 0.29) is 11.5 Å². The Morgan fingerprint density at radius 3 is 2.82 bits per heavy atom. The fourth-order valence-electron chi connectivity index (χ4n) is 2.04. The van der Waals surface area contributed by atoms with Crippen molar-refractivity contribution in [1.82, 2.24) is 0 Å². The smallest absolute Gasteiger partial charge is 0.392 e. The van der Waals surface area contributed by atoms with E-state index in [0.717, 1.165) is 5.69 Å². The van der Waals surface area contributed by atoms with E-state index in [1.165, 1.54) is 12.1 Å². The standard InChI is InChI=1S/C14H15F3N2O3/c1-19-6-4-12(20)18-10-8-9(2-3-11(10)19)13(21)22-7-5-14(15,16)17/h2-3,8H,4-7H2,1H3,(H,18,20). The number of nitrogens with one attached hydrogen (secondary N) is 1. The number of benzene rings is 1. The van der Waals surface area contributed by atoms with Crippen LogP contribution in [0.5, 0.6) is 0 Å². The molecule has 1 aliphatic rings. The van der Waals surface area contributed by atoms with Crippen molar-refractivity contribution in [1.29, 1.82) is 0 Å². The van der Waals surface area contributed by atoms with Gasteiger partial charge in [0.25, 0.3) is 0 Å². The van der Waals surface area contributed by atoms with Gasteiger partial charge in [-0.2, -0.15) is 13.2 Å². The molecule has 1 aromatic rings. The van der Waals surface area contributed by atoms with Crippen molar-refractivity contribution < 1.29 is 27.5 Å². The summed E-state index contributed by atoms with van der Waals surface area (Å²) in [5.74, 6) is -1.04. The van der Waals surface area contributed by atoms with Gasteiger partial charge < -0.3 is 15.0 Å². The maximum atomic E-state index is 12.0. The SMILES string of the molecule is CN1CCC(=O)Nc2cc(C(=O)OCCC(F)(F)F)ccc21. The highest BCUT2D eigenvalue weighted by atomic mass is 19.4. The molecule has 120 valence electrons. The molecule has 1 amide bonds. The Kier molecular flexibility index (Phi) is 4.58. The van der Waals surface area contributed by atoms with Gasteiger partial charge in [0.05, 0.1) is 23.4 Å². The Labute approximate surface area is 125 Å². The number of hydrogen-bond acceptors (Lipinski definition) is 4. The second-order valence-corrected chi connectivity index (χ2v) is 4.95. The summed E-state index contributed by atoms with van der Waals surface area (Å²) < 4.78 is 40.7. The molecule has 2 rings (SSSR count). The topological polar surface area (TPSA) is 58.6 Å². The normalized spacial score (nSPS) is 14.9. The van der Waals surface area contributed by atoms with E-state index >= 15 is 0 Å². The fourth-order valence-corrected chi connectivity index (χ4v) is 2.04. The number of amides is 1. The second kappa shape index (κ2) is 6.25. The lowest BCUT2D eigenvalue weighted by atomic mass is 10.1. The van der Waals surface area contributed by atoms with Crippen molar-refractivity contribution in [3.8, 4) is 0 Å². The Bertz CT molecular complexity index is 587. The maximum absolute atomic E-state index is 12.0. The maximum Gasteiger partial charge on any atom is 0.392 e. The molecule has 1 heterocycles. The first kappa shape index (κ1) is 16.1. The molecule has 0 saturated heterocycles. The highest BCUT2D eigenvalue weighted by Crippen LogP contribution is 2.29. The van der Waals surface area contributed by atoms with Crippen molar-refractivity contribution in [2.75, 3.05) is 30.4 Å².